The van der Waals surface area contributed by atoms with Gasteiger partial charge in [0, 0.05) is 16.7 Å². The summed E-state index contributed by atoms with van der Waals surface area (Å²) in [7, 11) is -0.879. The fraction of sp³-hybridized carbons (Fsp3) is 0.538. The molecule has 0 radical (unpaired) electrons. The standard InChI is InChI=1S/C13H21NOS/c1-3-8-12(14-4-2)11-16(15)13-9-6-5-7-10-13/h5-7,9-10,12,14H,3-4,8,11H2,1-2H3. The van der Waals surface area contributed by atoms with Gasteiger partial charge in [0.05, 0.1) is 10.8 Å². The fourth-order valence-corrected chi connectivity index (χ4v) is 3.04. The van der Waals surface area contributed by atoms with Crippen molar-refractivity contribution >= 4 is 10.8 Å². The predicted octanol–water partition coefficient (Wildman–Crippen LogP) is 2.57. The van der Waals surface area contributed by atoms with Crippen molar-refractivity contribution in [2.45, 2.75) is 37.6 Å². The van der Waals surface area contributed by atoms with Gasteiger partial charge in [0.25, 0.3) is 0 Å². The van der Waals surface area contributed by atoms with Crippen LogP contribution in [0.4, 0.5) is 0 Å². The molecule has 0 fully saturated rings. The van der Waals surface area contributed by atoms with Gasteiger partial charge >= 0.3 is 0 Å². The second-order valence-electron chi connectivity index (χ2n) is 3.87. The Labute approximate surface area is 101 Å². The predicted molar refractivity (Wildman–Crippen MR) is 70.1 cm³/mol. The minimum absolute atomic E-state index is 0.371. The van der Waals surface area contributed by atoms with Gasteiger partial charge in [-0.05, 0) is 25.1 Å². The van der Waals surface area contributed by atoms with Crippen molar-refractivity contribution in [3.63, 3.8) is 0 Å². The van der Waals surface area contributed by atoms with Crippen LogP contribution >= 0.6 is 0 Å². The molecule has 0 saturated carbocycles. The summed E-state index contributed by atoms with van der Waals surface area (Å²) in [5.74, 6) is 0.714. The summed E-state index contributed by atoms with van der Waals surface area (Å²) < 4.78 is 12.1. The molecule has 0 amide bonds. The Morgan fingerprint density at radius 2 is 1.94 bits per heavy atom. The normalized spacial score (nSPS) is 14.6. The van der Waals surface area contributed by atoms with Crippen LogP contribution in [0, 0.1) is 0 Å². The van der Waals surface area contributed by atoms with E-state index < -0.39 is 10.8 Å². The Hall–Kier alpha value is -0.670. The van der Waals surface area contributed by atoms with Crippen LogP contribution in [0.5, 0.6) is 0 Å². The highest BCUT2D eigenvalue weighted by Gasteiger charge is 2.11. The Balaban J connectivity index is 2.54. The van der Waals surface area contributed by atoms with Crippen LogP contribution in [0.15, 0.2) is 35.2 Å². The van der Waals surface area contributed by atoms with Gasteiger partial charge < -0.3 is 5.32 Å². The van der Waals surface area contributed by atoms with Crippen molar-refractivity contribution in [1.82, 2.24) is 5.32 Å². The molecule has 2 nitrogen and oxygen atoms in total. The number of hydrogen-bond acceptors (Lipinski definition) is 2. The second kappa shape index (κ2) is 7.58. The highest BCUT2D eigenvalue weighted by molar-refractivity contribution is 7.85. The summed E-state index contributed by atoms with van der Waals surface area (Å²) in [6.07, 6.45) is 2.22. The molecule has 3 heteroatoms. The highest BCUT2D eigenvalue weighted by atomic mass is 32.2. The van der Waals surface area contributed by atoms with E-state index in [0.717, 1.165) is 24.3 Å². The molecule has 2 unspecified atom stereocenters. The molecule has 90 valence electrons. The van der Waals surface area contributed by atoms with Gasteiger partial charge in [0.15, 0.2) is 0 Å². The first-order valence-corrected chi connectivity index (χ1v) is 7.26. The monoisotopic (exact) mass is 239 g/mol. The molecule has 0 aromatic heterocycles. The van der Waals surface area contributed by atoms with Crippen molar-refractivity contribution in [2.24, 2.45) is 0 Å². The third-order valence-electron chi connectivity index (χ3n) is 2.49. The molecule has 1 aromatic carbocycles. The average molecular weight is 239 g/mol. The summed E-state index contributed by atoms with van der Waals surface area (Å²) in [5.41, 5.74) is 0. The van der Waals surface area contributed by atoms with E-state index in [1.54, 1.807) is 0 Å². The first-order chi connectivity index (χ1) is 7.77. The molecular formula is C13H21NOS. The molecule has 0 bridgehead atoms. The van der Waals surface area contributed by atoms with E-state index >= 15 is 0 Å². The van der Waals surface area contributed by atoms with Crippen molar-refractivity contribution in [2.75, 3.05) is 12.3 Å². The van der Waals surface area contributed by atoms with Gasteiger partial charge in [-0.1, -0.05) is 38.5 Å². The average Bonchev–Trinajstić information content (AvgIpc) is 2.31. The van der Waals surface area contributed by atoms with Crippen LogP contribution in [0.2, 0.25) is 0 Å². The van der Waals surface area contributed by atoms with Crippen molar-refractivity contribution in [3.05, 3.63) is 30.3 Å². The van der Waals surface area contributed by atoms with Gasteiger partial charge in [0.2, 0.25) is 0 Å². The maximum Gasteiger partial charge on any atom is 0.0545 e. The molecule has 0 aliphatic heterocycles. The van der Waals surface area contributed by atoms with Gasteiger partial charge in [-0.3, -0.25) is 4.21 Å². The molecule has 0 spiro atoms. The molecule has 0 saturated heterocycles. The summed E-state index contributed by atoms with van der Waals surface area (Å²) in [6, 6.07) is 10.1. The summed E-state index contributed by atoms with van der Waals surface area (Å²) in [5, 5.41) is 3.39. The topological polar surface area (TPSA) is 29.1 Å². The van der Waals surface area contributed by atoms with Crippen molar-refractivity contribution in [1.29, 1.82) is 0 Å². The molecule has 2 atom stereocenters. The highest BCUT2D eigenvalue weighted by Crippen LogP contribution is 2.08. The van der Waals surface area contributed by atoms with Crippen LogP contribution < -0.4 is 5.32 Å². The lowest BCUT2D eigenvalue weighted by Crippen LogP contribution is -2.33. The van der Waals surface area contributed by atoms with Crippen LogP contribution in [-0.2, 0) is 10.8 Å². The smallest absolute Gasteiger partial charge is 0.0545 e. The van der Waals surface area contributed by atoms with Crippen molar-refractivity contribution < 1.29 is 4.21 Å². The summed E-state index contributed by atoms with van der Waals surface area (Å²) in [6.45, 7) is 5.19. The number of nitrogens with one attached hydrogen (secondary N) is 1. The minimum Gasteiger partial charge on any atom is -0.313 e. The Kier molecular flexibility index (Phi) is 6.34. The molecule has 1 N–H and O–H groups in total. The van der Waals surface area contributed by atoms with Crippen molar-refractivity contribution in [3.8, 4) is 0 Å². The Morgan fingerprint density at radius 3 is 2.50 bits per heavy atom. The maximum absolute atomic E-state index is 12.1. The van der Waals surface area contributed by atoms with E-state index in [-0.39, 0.29) is 0 Å². The van der Waals surface area contributed by atoms with E-state index in [1.165, 1.54) is 0 Å². The van der Waals surface area contributed by atoms with E-state index in [4.69, 9.17) is 0 Å². The van der Waals surface area contributed by atoms with Gasteiger partial charge in [-0.15, -0.1) is 0 Å². The van der Waals surface area contributed by atoms with E-state index in [1.807, 2.05) is 30.3 Å². The van der Waals surface area contributed by atoms with Crippen LogP contribution in [-0.4, -0.2) is 22.5 Å². The SMILES string of the molecule is CCCC(CS(=O)c1ccccc1)NCC. The zero-order chi connectivity index (χ0) is 11.8. The van der Waals surface area contributed by atoms with Gasteiger partial charge in [-0.25, -0.2) is 0 Å². The Bertz CT molecular complexity index is 307. The molecule has 0 aliphatic carbocycles. The fourth-order valence-electron chi connectivity index (χ4n) is 1.73. The molecule has 1 rings (SSSR count). The number of hydrogen-bond donors (Lipinski definition) is 1. The lowest BCUT2D eigenvalue weighted by atomic mass is 10.2. The Morgan fingerprint density at radius 1 is 1.25 bits per heavy atom. The van der Waals surface area contributed by atoms with E-state index in [9.17, 15) is 4.21 Å². The second-order valence-corrected chi connectivity index (χ2v) is 5.36. The minimum atomic E-state index is -0.879. The van der Waals surface area contributed by atoms with E-state index in [2.05, 4.69) is 19.2 Å². The third-order valence-corrected chi connectivity index (χ3v) is 3.99. The first-order valence-electron chi connectivity index (χ1n) is 5.94. The van der Waals surface area contributed by atoms with Crippen LogP contribution in [0.25, 0.3) is 0 Å². The van der Waals surface area contributed by atoms with Crippen LogP contribution in [0.3, 0.4) is 0 Å². The van der Waals surface area contributed by atoms with Gasteiger partial charge in [0.1, 0.15) is 0 Å². The molecule has 16 heavy (non-hydrogen) atoms. The lowest BCUT2D eigenvalue weighted by molar-refractivity contribution is 0.525. The summed E-state index contributed by atoms with van der Waals surface area (Å²) >= 11 is 0. The lowest BCUT2D eigenvalue weighted by Gasteiger charge is -2.16. The number of benzene rings is 1. The van der Waals surface area contributed by atoms with E-state index in [0.29, 0.717) is 11.8 Å². The molecular weight excluding hydrogens is 218 g/mol. The summed E-state index contributed by atoms with van der Waals surface area (Å²) in [4.78, 5) is 0.932. The number of rotatable bonds is 7. The quantitative estimate of drug-likeness (QED) is 0.792. The first kappa shape index (κ1) is 13.4. The molecule has 0 heterocycles. The van der Waals surface area contributed by atoms with Crippen LogP contribution in [0.1, 0.15) is 26.7 Å². The zero-order valence-electron chi connectivity index (χ0n) is 10.1. The maximum atomic E-state index is 12.1. The largest absolute Gasteiger partial charge is 0.313 e. The molecule has 1 aromatic rings. The molecule has 0 aliphatic rings. The zero-order valence-corrected chi connectivity index (χ0v) is 10.9. The van der Waals surface area contributed by atoms with Gasteiger partial charge in [-0.2, -0.15) is 0 Å². The third kappa shape index (κ3) is 4.45.